The maximum atomic E-state index is 12.5. The van der Waals surface area contributed by atoms with Gasteiger partial charge in [0.1, 0.15) is 6.61 Å². The number of carboxylic acid groups (broad SMARTS) is 1. The third-order valence-electron chi connectivity index (χ3n) is 7.46. The lowest BCUT2D eigenvalue weighted by molar-refractivity contribution is -0.138. The van der Waals surface area contributed by atoms with Gasteiger partial charge in [0.2, 0.25) is 5.91 Å². The van der Waals surface area contributed by atoms with Gasteiger partial charge in [-0.2, -0.15) is 0 Å². The molecule has 7 heteroatoms. The van der Waals surface area contributed by atoms with Crippen molar-refractivity contribution in [2.45, 2.75) is 44.1 Å². The van der Waals surface area contributed by atoms with Gasteiger partial charge in [0.15, 0.2) is 0 Å². The Labute approximate surface area is 198 Å². The molecule has 34 heavy (non-hydrogen) atoms. The molecule has 2 aromatic rings. The van der Waals surface area contributed by atoms with E-state index in [1.807, 2.05) is 24.3 Å². The topological polar surface area (TPSA) is 105 Å². The van der Waals surface area contributed by atoms with Crippen molar-refractivity contribution in [1.29, 1.82) is 0 Å². The van der Waals surface area contributed by atoms with Gasteiger partial charge in [0, 0.05) is 30.8 Å². The molecule has 3 N–H and O–H groups in total. The predicted octanol–water partition coefficient (Wildman–Crippen LogP) is 3.92. The molecule has 0 spiro atoms. The molecule has 178 valence electrons. The smallest absolute Gasteiger partial charge is 0.407 e. The van der Waals surface area contributed by atoms with Crippen molar-refractivity contribution >= 4 is 18.0 Å². The van der Waals surface area contributed by atoms with Crippen molar-refractivity contribution in [1.82, 2.24) is 10.6 Å². The van der Waals surface area contributed by atoms with E-state index in [9.17, 15) is 14.4 Å². The number of amides is 2. The van der Waals surface area contributed by atoms with Crippen molar-refractivity contribution in [3.8, 4) is 11.1 Å². The molecule has 4 atom stereocenters. The van der Waals surface area contributed by atoms with Crippen molar-refractivity contribution in [2.24, 2.45) is 17.8 Å². The summed E-state index contributed by atoms with van der Waals surface area (Å²) in [6.07, 6.45) is 2.87. The number of carboxylic acids is 1. The Morgan fingerprint density at radius 2 is 1.62 bits per heavy atom. The van der Waals surface area contributed by atoms with Crippen LogP contribution in [0.1, 0.15) is 49.1 Å². The fourth-order valence-corrected chi connectivity index (χ4v) is 5.60. The minimum absolute atomic E-state index is 0.0142. The Bertz CT molecular complexity index is 1050. The second kappa shape index (κ2) is 9.49. The zero-order valence-corrected chi connectivity index (χ0v) is 19.0. The van der Waals surface area contributed by atoms with E-state index in [0.29, 0.717) is 6.54 Å². The lowest BCUT2D eigenvalue weighted by Gasteiger charge is -2.15. The van der Waals surface area contributed by atoms with Crippen molar-refractivity contribution in [3.05, 3.63) is 59.7 Å². The van der Waals surface area contributed by atoms with Gasteiger partial charge in [-0.25, -0.2) is 4.79 Å². The average Bonchev–Trinajstić information content (AvgIpc) is 3.38. The minimum Gasteiger partial charge on any atom is -0.481 e. The summed E-state index contributed by atoms with van der Waals surface area (Å²) >= 11 is 0. The number of rotatable bonds is 8. The SMILES string of the molecule is O=C(O)CC1CCC(NC(=O)[C@H]2C[C@H]2CNC(=O)OCC2c3ccccc3-c3ccccc32)C1. The molecule has 2 fully saturated rings. The number of ether oxygens (including phenoxy) is 1. The van der Waals surface area contributed by atoms with E-state index in [2.05, 4.69) is 34.9 Å². The van der Waals surface area contributed by atoms with Crippen LogP contribution in [-0.4, -0.2) is 42.3 Å². The quantitative estimate of drug-likeness (QED) is 0.552. The van der Waals surface area contributed by atoms with Crippen LogP contribution < -0.4 is 10.6 Å². The van der Waals surface area contributed by atoms with Gasteiger partial charge in [0.05, 0.1) is 0 Å². The number of hydrogen-bond donors (Lipinski definition) is 3. The molecule has 0 saturated heterocycles. The van der Waals surface area contributed by atoms with Crippen molar-refractivity contribution in [2.75, 3.05) is 13.2 Å². The van der Waals surface area contributed by atoms with Gasteiger partial charge in [-0.1, -0.05) is 48.5 Å². The van der Waals surface area contributed by atoms with Gasteiger partial charge in [-0.15, -0.1) is 0 Å². The number of aliphatic carboxylic acids is 1. The maximum absolute atomic E-state index is 12.5. The first-order valence-corrected chi connectivity index (χ1v) is 12.1. The standard InChI is InChI=1S/C27H30N2O5/c30-25(31)12-16-9-10-18(11-16)29-26(32)23-13-17(23)14-28-27(33)34-15-24-21-7-3-1-5-19(21)20-6-2-4-8-22(20)24/h1-8,16-18,23-24H,9-15H2,(H,28,33)(H,29,32)(H,30,31)/t16?,17-,18?,23-/m0/s1. The Hall–Kier alpha value is -3.35. The number of nitrogens with one attached hydrogen (secondary N) is 2. The first-order chi connectivity index (χ1) is 16.5. The van der Waals surface area contributed by atoms with Gasteiger partial charge in [-0.3, -0.25) is 9.59 Å². The summed E-state index contributed by atoms with van der Waals surface area (Å²) in [6, 6.07) is 16.5. The van der Waals surface area contributed by atoms with Crippen LogP contribution in [0.3, 0.4) is 0 Å². The Balaban J connectivity index is 1.05. The molecule has 5 rings (SSSR count). The molecular weight excluding hydrogens is 432 g/mol. The highest BCUT2D eigenvalue weighted by Gasteiger charge is 2.44. The van der Waals surface area contributed by atoms with E-state index in [1.165, 1.54) is 22.3 Å². The highest BCUT2D eigenvalue weighted by atomic mass is 16.5. The molecule has 2 unspecified atom stereocenters. The zero-order chi connectivity index (χ0) is 23.7. The lowest BCUT2D eigenvalue weighted by Crippen LogP contribution is -2.35. The minimum atomic E-state index is -0.779. The highest BCUT2D eigenvalue weighted by molar-refractivity contribution is 5.82. The number of benzene rings is 2. The van der Waals surface area contributed by atoms with Crippen LogP contribution in [0.2, 0.25) is 0 Å². The first-order valence-electron chi connectivity index (χ1n) is 12.1. The third-order valence-corrected chi connectivity index (χ3v) is 7.46. The number of alkyl carbamates (subject to hydrolysis) is 1. The maximum Gasteiger partial charge on any atom is 0.407 e. The van der Waals surface area contributed by atoms with Crippen LogP contribution in [0, 0.1) is 17.8 Å². The molecule has 0 heterocycles. The number of fused-ring (bicyclic) bond motifs is 3. The van der Waals surface area contributed by atoms with Crippen molar-refractivity contribution < 1.29 is 24.2 Å². The van der Waals surface area contributed by atoms with Gasteiger partial charge in [0.25, 0.3) is 0 Å². The molecule has 0 aliphatic heterocycles. The van der Waals surface area contributed by atoms with Crippen LogP contribution in [0.5, 0.6) is 0 Å². The van der Waals surface area contributed by atoms with Crippen LogP contribution in [0.4, 0.5) is 4.79 Å². The molecule has 3 aliphatic rings. The van der Waals surface area contributed by atoms with Crippen molar-refractivity contribution in [3.63, 3.8) is 0 Å². The summed E-state index contributed by atoms with van der Waals surface area (Å²) in [5, 5.41) is 14.8. The number of hydrogen-bond acceptors (Lipinski definition) is 4. The summed E-state index contributed by atoms with van der Waals surface area (Å²) in [5.74, 6) is -0.565. The molecule has 2 aromatic carbocycles. The van der Waals surface area contributed by atoms with Gasteiger partial charge < -0.3 is 20.5 Å². The summed E-state index contributed by atoms with van der Waals surface area (Å²) in [7, 11) is 0. The van der Waals surface area contributed by atoms with E-state index in [0.717, 1.165) is 25.7 Å². The van der Waals surface area contributed by atoms with E-state index in [1.54, 1.807) is 0 Å². The molecule has 0 radical (unpaired) electrons. The van der Waals surface area contributed by atoms with Crippen LogP contribution in [0.25, 0.3) is 11.1 Å². The number of carbonyl (C=O) groups excluding carboxylic acids is 2. The van der Waals surface area contributed by atoms with E-state index < -0.39 is 12.1 Å². The summed E-state index contributed by atoms with van der Waals surface area (Å²) < 4.78 is 5.57. The van der Waals surface area contributed by atoms with E-state index >= 15 is 0 Å². The Kier molecular flexibility index (Phi) is 6.26. The predicted molar refractivity (Wildman–Crippen MR) is 126 cm³/mol. The van der Waals surface area contributed by atoms with Gasteiger partial charge >= 0.3 is 12.1 Å². The summed E-state index contributed by atoms with van der Waals surface area (Å²) in [5.41, 5.74) is 4.73. The second-order valence-electron chi connectivity index (χ2n) is 9.79. The zero-order valence-electron chi connectivity index (χ0n) is 19.0. The molecule has 2 amide bonds. The largest absolute Gasteiger partial charge is 0.481 e. The van der Waals surface area contributed by atoms with E-state index in [4.69, 9.17) is 9.84 Å². The van der Waals surface area contributed by atoms with E-state index in [-0.39, 0.29) is 48.6 Å². The molecule has 0 aromatic heterocycles. The fourth-order valence-electron chi connectivity index (χ4n) is 5.60. The number of carbonyl (C=O) groups is 3. The Morgan fingerprint density at radius 3 is 2.29 bits per heavy atom. The van der Waals surface area contributed by atoms with Gasteiger partial charge in [-0.05, 0) is 59.8 Å². The monoisotopic (exact) mass is 462 g/mol. The molecule has 3 aliphatic carbocycles. The lowest BCUT2D eigenvalue weighted by atomic mass is 9.98. The molecular formula is C27H30N2O5. The summed E-state index contributed by atoms with van der Waals surface area (Å²) in [4.78, 5) is 35.7. The third kappa shape index (κ3) is 4.79. The van der Waals surface area contributed by atoms with Crippen LogP contribution in [0.15, 0.2) is 48.5 Å². The molecule has 7 nitrogen and oxygen atoms in total. The van der Waals surface area contributed by atoms with Crippen LogP contribution >= 0.6 is 0 Å². The highest BCUT2D eigenvalue weighted by Crippen LogP contribution is 2.44. The van der Waals surface area contributed by atoms with Crippen LogP contribution in [-0.2, 0) is 14.3 Å². The summed E-state index contributed by atoms with van der Waals surface area (Å²) in [6.45, 7) is 0.689. The molecule has 0 bridgehead atoms. The second-order valence-corrected chi connectivity index (χ2v) is 9.79. The first kappa shape index (κ1) is 22.4. The average molecular weight is 463 g/mol. The Morgan fingerprint density at radius 1 is 0.941 bits per heavy atom. The normalized spacial score (nSPS) is 24.7. The molecule has 2 saturated carbocycles. The fraction of sp³-hybridized carbons (Fsp3) is 0.444.